The number of nitrogens with zero attached hydrogens (tertiary/aromatic N) is 2. The molecule has 0 bridgehead atoms. The van der Waals surface area contributed by atoms with Crippen molar-refractivity contribution < 1.29 is 19.2 Å². The molecule has 2 aliphatic rings. The summed E-state index contributed by atoms with van der Waals surface area (Å²) in [6.45, 7) is 5.12. The Balaban J connectivity index is 1.40. The average Bonchev–Trinajstić information content (AvgIpc) is 3.19. The number of nitrogens with one attached hydrogen (secondary N) is 1. The van der Waals surface area contributed by atoms with E-state index in [9.17, 15) is 9.59 Å². The minimum absolute atomic E-state index is 0.0121. The second-order valence-electron chi connectivity index (χ2n) is 8.30. The largest absolute Gasteiger partial charge is 0.497 e. The third kappa shape index (κ3) is 4.40. The normalized spacial score (nSPS) is 20.2. The summed E-state index contributed by atoms with van der Waals surface area (Å²) < 4.78 is 5.13. The van der Waals surface area contributed by atoms with Crippen LogP contribution in [0.15, 0.2) is 47.6 Å². The molecular formula is C24H27N3O4. The van der Waals surface area contributed by atoms with Gasteiger partial charge in [0.05, 0.1) is 13.7 Å². The second-order valence-corrected chi connectivity index (χ2v) is 8.30. The fraction of sp³-hybridized carbons (Fsp3) is 0.375. The van der Waals surface area contributed by atoms with Gasteiger partial charge in [-0.25, -0.2) is 0 Å². The van der Waals surface area contributed by atoms with E-state index in [0.717, 1.165) is 24.0 Å². The number of carbonyl (C=O) groups excluding carboxylic acids is 2. The molecule has 162 valence electrons. The number of piperidine rings is 1. The Morgan fingerprint density at radius 1 is 1.13 bits per heavy atom. The lowest BCUT2D eigenvalue weighted by Crippen LogP contribution is -2.50. The first-order valence-corrected chi connectivity index (χ1v) is 10.5. The van der Waals surface area contributed by atoms with Crippen molar-refractivity contribution in [2.75, 3.05) is 25.5 Å². The number of methoxy groups -OCH3 is 1. The summed E-state index contributed by atoms with van der Waals surface area (Å²) in [5.41, 5.74) is 3.29. The van der Waals surface area contributed by atoms with E-state index in [1.165, 1.54) is 0 Å². The van der Waals surface area contributed by atoms with Crippen LogP contribution >= 0.6 is 0 Å². The van der Waals surface area contributed by atoms with Crippen molar-refractivity contribution in [1.29, 1.82) is 0 Å². The molecule has 4 rings (SSSR count). The van der Waals surface area contributed by atoms with Crippen molar-refractivity contribution in [3.63, 3.8) is 0 Å². The molecule has 1 atom stereocenters. The summed E-state index contributed by atoms with van der Waals surface area (Å²) in [6, 6.07) is 12.9. The number of ether oxygens (including phenoxy) is 1. The van der Waals surface area contributed by atoms with Crippen molar-refractivity contribution in [2.45, 2.75) is 38.7 Å². The maximum atomic E-state index is 13.1. The van der Waals surface area contributed by atoms with Gasteiger partial charge in [-0.15, -0.1) is 0 Å². The number of rotatable bonds is 4. The first-order valence-electron chi connectivity index (χ1n) is 10.5. The molecule has 7 heteroatoms. The zero-order chi connectivity index (χ0) is 22.0. The molecular weight excluding hydrogens is 394 g/mol. The highest BCUT2D eigenvalue weighted by molar-refractivity contribution is 6.43. The van der Waals surface area contributed by atoms with Crippen LogP contribution in [0.3, 0.4) is 0 Å². The molecule has 1 fully saturated rings. The lowest BCUT2D eigenvalue weighted by molar-refractivity contribution is -0.110. The van der Waals surface area contributed by atoms with E-state index < -0.39 is 5.60 Å². The first-order chi connectivity index (χ1) is 14.9. The van der Waals surface area contributed by atoms with E-state index in [0.29, 0.717) is 42.2 Å². The number of hydrogen-bond donors (Lipinski definition) is 1. The van der Waals surface area contributed by atoms with Crippen LogP contribution in [0.2, 0.25) is 0 Å². The monoisotopic (exact) mass is 421 g/mol. The van der Waals surface area contributed by atoms with Gasteiger partial charge in [0.15, 0.2) is 5.60 Å². The third-order valence-electron chi connectivity index (χ3n) is 6.03. The van der Waals surface area contributed by atoms with Gasteiger partial charge in [0.2, 0.25) is 0 Å². The summed E-state index contributed by atoms with van der Waals surface area (Å²) in [7, 11) is 1.59. The fourth-order valence-electron chi connectivity index (χ4n) is 4.07. The van der Waals surface area contributed by atoms with Gasteiger partial charge in [0, 0.05) is 24.2 Å². The number of oxime groups is 1. The maximum absolute atomic E-state index is 13.1. The van der Waals surface area contributed by atoms with Crippen molar-refractivity contribution >= 4 is 23.2 Å². The Labute approximate surface area is 182 Å². The zero-order valence-corrected chi connectivity index (χ0v) is 18.1. The number of benzene rings is 2. The number of likely N-dealkylation sites (tertiary alicyclic amines) is 1. The first kappa shape index (κ1) is 20.9. The van der Waals surface area contributed by atoms with Gasteiger partial charge in [0.25, 0.3) is 11.8 Å². The van der Waals surface area contributed by atoms with E-state index in [1.807, 2.05) is 36.9 Å². The van der Waals surface area contributed by atoms with E-state index in [2.05, 4.69) is 10.5 Å². The predicted molar refractivity (Wildman–Crippen MR) is 119 cm³/mol. The summed E-state index contributed by atoms with van der Waals surface area (Å²) in [6.07, 6.45) is 1.94. The summed E-state index contributed by atoms with van der Waals surface area (Å²) >= 11 is 0. The van der Waals surface area contributed by atoms with Crippen molar-refractivity contribution in [3.05, 3.63) is 59.2 Å². The highest BCUT2D eigenvalue weighted by Crippen LogP contribution is 2.34. The van der Waals surface area contributed by atoms with Gasteiger partial charge in [-0.1, -0.05) is 11.2 Å². The molecule has 1 N–H and O–H groups in total. The second kappa shape index (κ2) is 8.41. The Morgan fingerprint density at radius 3 is 2.61 bits per heavy atom. The molecule has 0 saturated carbocycles. The third-order valence-corrected chi connectivity index (χ3v) is 6.03. The molecule has 31 heavy (non-hydrogen) atoms. The topological polar surface area (TPSA) is 80.2 Å². The van der Waals surface area contributed by atoms with Gasteiger partial charge in [-0.2, -0.15) is 0 Å². The smallest absolute Gasteiger partial charge is 0.273 e. The van der Waals surface area contributed by atoms with Crippen LogP contribution in [-0.2, 0) is 9.63 Å². The molecule has 0 radical (unpaired) electrons. The summed E-state index contributed by atoms with van der Waals surface area (Å²) in [5.74, 6) is 0.413. The Bertz CT molecular complexity index is 1030. The van der Waals surface area contributed by atoms with Gasteiger partial charge < -0.3 is 19.8 Å². The maximum Gasteiger partial charge on any atom is 0.273 e. The van der Waals surface area contributed by atoms with E-state index in [1.54, 1.807) is 31.4 Å². The molecule has 2 amide bonds. The minimum Gasteiger partial charge on any atom is -0.497 e. The fourth-order valence-corrected chi connectivity index (χ4v) is 4.07. The number of amides is 2. The quantitative estimate of drug-likeness (QED) is 0.816. The van der Waals surface area contributed by atoms with Crippen LogP contribution in [-0.4, -0.2) is 48.2 Å². The van der Waals surface area contributed by atoms with Crippen LogP contribution in [0.4, 0.5) is 5.69 Å². The lowest BCUT2D eigenvalue weighted by Gasteiger charge is -2.38. The SMILES string of the molecule is COc1ccc(NC(=O)C2=NO[C@]3(CCCN(C(=O)c4ccc(C)c(C)c4)C3)C2)cc1. The molecule has 1 spiro atoms. The summed E-state index contributed by atoms with van der Waals surface area (Å²) in [4.78, 5) is 33.3. The van der Waals surface area contributed by atoms with Crippen molar-refractivity contribution in [2.24, 2.45) is 5.16 Å². The molecule has 1 saturated heterocycles. The zero-order valence-electron chi connectivity index (χ0n) is 18.1. The summed E-state index contributed by atoms with van der Waals surface area (Å²) in [5, 5.41) is 6.92. The molecule has 2 aromatic rings. The minimum atomic E-state index is -0.639. The molecule has 0 unspecified atom stereocenters. The van der Waals surface area contributed by atoms with Crippen LogP contribution in [0.5, 0.6) is 5.75 Å². The van der Waals surface area contributed by atoms with E-state index in [4.69, 9.17) is 9.57 Å². The number of aryl methyl sites for hydroxylation is 2. The molecule has 2 aromatic carbocycles. The van der Waals surface area contributed by atoms with Gasteiger partial charge >= 0.3 is 0 Å². The molecule has 0 aromatic heterocycles. The molecule has 2 aliphatic heterocycles. The number of anilines is 1. The number of hydrogen-bond acceptors (Lipinski definition) is 5. The van der Waals surface area contributed by atoms with Gasteiger partial charge in [-0.05, 0) is 74.2 Å². The Morgan fingerprint density at radius 2 is 1.90 bits per heavy atom. The lowest BCUT2D eigenvalue weighted by atomic mass is 9.87. The van der Waals surface area contributed by atoms with Crippen LogP contribution in [0.1, 0.15) is 40.7 Å². The molecule has 7 nitrogen and oxygen atoms in total. The van der Waals surface area contributed by atoms with Crippen LogP contribution < -0.4 is 10.1 Å². The Kier molecular flexibility index (Phi) is 5.67. The predicted octanol–water partition coefficient (Wildman–Crippen LogP) is 3.70. The number of carbonyl (C=O) groups is 2. The molecule has 2 heterocycles. The van der Waals surface area contributed by atoms with Crippen LogP contribution in [0, 0.1) is 13.8 Å². The highest BCUT2D eigenvalue weighted by atomic mass is 16.7. The van der Waals surface area contributed by atoms with Crippen molar-refractivity contribution in [1.82, 2.24) is 4.90 Å². The van der Waals surface area contributed by atoms with Gasteiger partial charge in [0.1, 0.15) is 11.5 Å². The van der Waals surface area contributed by atoms with Gasteiger partial charge in [-0.3, -0.25) is 9.59 Å². The van der Waals surface area contributed by atoms with Crippen LogP contribution in [0.25, 0.3) is 0 Å². The van der Waals surface area contributed by atoms with E-state index in [-0.39, 0.29) is 11.8 Å². The highest BCUT2D eigenvalue weighted by Gasteiger charge is 2.45. The average molecular weight is 421 g/mol. The van der Waals surface area contributed by atoms with Crippen molar-refractivity contribution in [3.8, 4) is 5.75 Å². The molecule has 0 aliphatic carbocycles. The standard InChI is InChI=1S/C24H27N3O4/c1-16-5-6-18(13-17(16)2)23(29)27-12-4-11-24(15-27)14-21(26-31-24)22(28)25-19-7-9-20(30-3)10-8-19/h5-10,13H,4,11-12,14-15H2,1-3H3,(H,25,28)/t24-/m1/s1. The van der Waals surface area contributed by atoms with E-state index >= 15 is 0 Å². The Hall–Kier alpha value is -3.35.